The Bertz CT molecular complexity index is 1030. The van der Waals surface area contributed by atoms with Gasteiger partial charge in [-0.1, -0.05) is 19.4 Å². The third-order valence-electron chi connectivity index (χ3n) is 5.28. The van der Waals surface area contributed by atoms with E-state index in [4.69, 9.17) is 4.74 Å². The second-order valence-corrected chi connectivity index (χ2v) is 7.52. The van der Waals surface area contributed by atoms with Gasteiger partial charge in [0, 0.05) is 23.2 Å². The van der Waals surface area contributed by atoms with Gasteiger partial charge in [0.05, 0.1) is 31.6 Å². The zero-order valence-corrected chi connectivity index (χ0v) is 18.1. The van der Waals surface area contributed by atoms with Crippen LogP contribution in [0, 0.1) is 5.92 Å². The number of carboxylic acid groups (broad SMARTS) is 1. The number of carbonyl (C=O) groups excluding carboxylic acids is 2. The molecule has 1 aromatic carbocycles. The van der Waals surface area contributed by atoms with Gasteiger partial charge in [-0.3, -0.25) is 10.1 Å². The van der Waals surface area contributed by atoms with Crippen LogP contribution in [0.5, 0.6) is 5.88 Å². The van der Waals surface area contributed by atoms with Crippen LogP contribution in [0.4, 0.5) is 21.0 Å². The Morgan fingerprint density at radius 3 is 2.66 bits per heavy atom. The molecule has 2 atom stereocenters. The number of nitrogens with one attached hydrogen (secondary N) is 3. The molecule has 2 aromatic rings. The number of carbonyl (C=O) groups is 3. The number of pyridine rings is 1. The molecule has 0 spiro atoms. The number of ether oxygens (including phenoxy) is 2. The van der Waals surface area contributed by atoms with Crippen LogP contribution >= 0.6 is 0 Å². The van der Waals surface area contributed by atoms with E-state index >= 15 is 0 Å². The summed E-state index contributed by atoms with van der Waals surface area (Å²) < 4.78 is 9.99. The highest BCUT2D eigenvalue weighted by atomic mass is 16.5. The molecule has 0 saturated carbocycles. The van der Waals surface area contributed by atoms with Crippen molar-refractivity contribution in [2.75, 3.05) is 24.9 Å². The first-order valence-corrected chi connectivity index (χ1v) is 10.2. The van der Waals surface area contributed by atoms with Gasteiger partial charge in [-0.2, -0.15) is 0 Å². The topological polar surface area (TPSA) is 139 Å². The van der Waals surface area contributed by atoms with Gasteiger partial charge >= 0.3 is 12.2 Å². The highest BCUT2D eigenvalue weighted by molar-refractivity contribution is 5.98. The molecule has 170 valence electrons. The van der Waals surface area contributed by atoms with Gasteiger partial charge in [-0.25, -0.2) is 14.6 Å². The molecule has 10 heteroatoms. The van der Waals surface area contributed by atoms with Crippen LogP contribution in [0.25, 0.3) is 11.1 Å². The number of benzene rings is 1. The van der Waals surface area contributed by atoms with Crippen molar-refractivity contribution < 1.29 is 29.0 Å². The summed E-state index contributed by atoms with van der Waals surface area (Å²) >= 11 is 0. The zero-order valence-electron chi connectivity index (χ0n) is 18.1. The Kier molecular flexibility index (Phi) is 7.14. The first-order valence-electron chi connectivity index (χ1n) is 10.2. The number of hydrogen-bond donors (Lipinski definition) is 4. The molecule has 10 nitrogen and oxygen atoms in total. The molecule has 2 bridgehead atoms. The molecule has 0 radical (unpaired) electrons. The molecule has 4 N–H and O–H groups in total. The van der Waals surface area contributed by atoms with Crippen molar-refractivity contribution in [2.45, 2.75) is 32.2 Å². The van der Waals surface area contributed by atoms with Crippen LogP contribution in [0.2, 0.25) is 0 Å². The lowest BCUT2D eigenvalue weighted by molar-refractivity contribution is -0.119. The summed E-state index contributed by atoms with van der Waals surface area (Å²) in [5.74, 6) is -0.161. The summed E-state index contributed by atoms with van der Waals surface area (Å²) in [6, 6.07) is 7.98. The van der Waals surface area contributed by atoms with Gasteiger partial charge in [0.1, 0.15) is 0 Å². The molecule has 32 heavy (non-hydrogen) atoms. The smallest absolute Gasteiger partial charge is 0.411 e. The van der Waals surface area contributed by atoms with E-state index < -0.39 is 18.2 Å². The number of nitrogens with zero attached hydrogens (tertiary/aromatic N) is 1. The summed E-state index contributed by atoms with van der Waals surface area (Å²) in [5, 5.41) is 17.4. The highest BCUT2D eigenvalue weighted by Gasteiger charge is 2.23. The number of aromatic nitrogens is 1. The highest BCUT2D eigenvalue weighted by Crippen LogP contribution is 2.35. The van der Waals surface area contributed by atoms with Crippen LogP contribution in [0.3, 0.4) is 0 Å². The number of hydrogen-bond acceptors (Lipinski definition) is 6. The fraction of sp³-hybridized carbons (Fsp3) is 0.364. The van der Waals surface area contributed by atoms with Gasteiger partial charge in [0.15, 0.2) is 0 Å². The molecule has 1 aromatic heterocycles. The molecular formula is C22H26N4O6. The monoisotopic (exact) mass is 442 g/mol. The molecular weight excluding hydrogens is 416 g/mol. The van der Waals surface area contributed by atoms with Gasteiger partial charge in [0.2, 0.25) is 11.8 Å². The molecule has 0 saturated heterocycles. The van der Waals surface area contributed by atoms with Crippen LogP contribution in [-0.4, -0.2) is 42.4 Å². The van der Waals surface area contributed by atoms with Gasteiger partial charge in [-0.05, 0) is 36.6 Å². The molecule has 1 aliphatic heterocycles. The third kappa shape index (κ3) is 5.45. The van der Waals surface area contributed by atoms with Crippen molar-refractivity contribution in [3.8, 4) is 17.0 Å². The number of methoxy groups -OCH3 is 2. The average molecular weight is 442 g/mol. The predicted octanol–water partition coefficient (Wildman–Crippen LogP) is 4.00. The molecule has 0 fully saturated rings. The predicted molar refractivity (Wildman–Crippen MR) is 118 cm³/mol. The number of fused-ring (bicyclic) bond motifs is 4. The first kappa shape index (κ1) is 22.9. The van der Waals surface area contributed by atoms with Crippen molar-refractivity contribution in [1.82, 2.24) is 10.3 Å². The Hall–Kier alpha value is -3.82. The lowest BCUT2D eigenvalue weighted by Gasteiger charge is -2.22. The van der Waals surface area contributed by atoms with Crippen molar-refractivity contribution in [3.63, 3.8) is 0 Å². The van der Waals surface area contributed by atoms with E-state index in [0.717, 1.165) is 0 Å². The van der Waals surface area contributed by atoms with E-state index in [1.54, 1.807) is 30.3 Å². The SMILES string of the molecule is COC(=O)Nc1ccc2c(c1)NC(=O)C(C)CCC[C@H](NC(=O)O)c1cc-2cc(OC)n1. The Morgan fingerprint density at radius 2 is 1.97 bits per heavy atom. The third-order valence-corrected chi connectivity index (χ3v) is 5.28. The minimum Gasteiger partial charge on any atom is -0.481 e. The first-order chi connectivity index (χ1) is 15.3. The summed E-state index contributed by atoms with van der Waals surface area (Å²) in [6.07, 6.45) is -0.120. The van der Waals surface area contributed by atoms with Crippen molar-refractivity contribution in [1.29, 1.82) is 0 Å². The van der Waals surface area contributed by atoms with E-state index in [2.05, 4.69) is 25.7 Å². The number of anilines is 2. The minimum absolute atomic E-state index is 0.175. The second kappa shape index (κ2) is 9.99. The largest absolute Gasteiger partial charge is 0.481 e. The fourth-order valence-corrected chi connectivity index (χ4v) is 3.57. The maximum Gasteiger partial charge on any atom is 0.411 e. The van der Waals surface area contributed by atoms with Gasteiger partial charge < -0.3 is 25.2 Å². The molecule has 2 heterocycles. The van der Waals surface area contributed by atoms with Crippen LogP contribution in [0.15, 0.2) is 30.3 Å². The van der Waals surface area contributed by atoms with Crippen molar-refractivity contribution >= 4 is 29.5 Å². The zero-order chi connectivity index (χ0) is 23.3. The molecule has 1 aliphatic rings. The maximum absolute atomic E-state index is 12.8. The van der Waals surface area contributed by atoms with Gasteiger partial charge in [-0.15, -0.1) is 0 Å². The molecule has 0 aliphatic carbocycles. The van der Waals surface area contributed by atoms with E-state index in [-0.39, 0.29) is 11.8 Å². The number of amides is 3. The minimum atomic E-state index is -1.15. The Morgan fingerprint density at radius 1 is 1.19 bits per heavy atom. The van der Waals surface area contributed by atoms with E-state index in [1.165, 1.54) is 14.2 Å². The molecule has 3 amide bonds. The van der Waals surface area contributed by atoms with E-state index in [1.807, 2.05) is 6.92 Å². The van der Waals surface area contributed by atoms with E-state index in [9.17, 15) is 19.5 Å². The lowest BCUT2D eigenvalue weighted by Crippen LogP contribution is -2.28. The summed E-state index contributed by atoms with van der Waals surface area (Å²) in [7, 11) is 2.74. The Labute approximate surface area is 185 Å². The van der Waals surface area contributed by atoms with Crippen LogP contribution in [0.1, 0.15) is 37.9 Å². The average Bonchev–Trinajstić information content (AvgIpc) is 2.77. The maximum atomic E-state index is 12.8. The standard InChI is InChI=1S/C22H26N4O6/c1-12-5-4-6-16(26-21(28)29)18-9-13(10-19(24-18)31-2)15-8-7-14(23-22(30)32-3)11-17(15)25-20(12)27/h7-12,16,26H,4-6H2,1-3H3,(H,23,30)(H,25,27)(H,28,29)/t12?,16-/m0/s1. The van der Waals surface area contributed by atoms with Crippen LogP contribution in [-0.2, 0) is 9.53 Å². The second-order valence-electron chi connectivity index (χ2n) is 7.52. The summed E-state index contributed by atoms with van der Waals surface area (Å²) in [5.41, 5.74) is 2.79. The number of rotatable bonds is 3. The fourth-order valence-electron chi connectivity index (χ4n) is 3.57. The van der Waals surface area contributed by atoms with Crippen molar-refractivity contribution in [2.24, 2.45) is 5.92 Å². The van der Waals surface area contributed by atoms with Crippen molar-refractivity contribution in [3.05, 3.63) is 36.0 Å². The van der Waals surface area contributed by atoms with E-state index in [0.29, 0.717) is 53.3 Å². The summed E-state index contributed by atoms with van der Waals surface area (Å²) in [6.45, 7) is 1.82. The normalized spacial score (nSPS) is 18.2. The lowest BCUT2D eigenvalue weighted by atomic mass is 9.95. The van der Waals surface area contributed by atoms with Crippen LogP contribution < -0.4 is 20.7 Å². The molecule has 1 unspecified atom stereocenters. The quantitative estimate of drug-likeness (QED) is 0.563. The van der Waals surface area contributed by atoms with Gasteiger partial charge in [0.25, 0.3) is 0 Å². The Balaban J connectivity index is 2.16. The summed E-state index contributed by atoms with van der Waals surface area (Å²) in [4.78, 5) is 40.3. The molecule has 3 rings (SSSR count).